The van der Waals surface area contributed by atoms with Gasteiger partial charge in [-0.15, -0.1) is 0 Å². The van der Waals surface area contributed by atoms with E-state index in [0.29, 0.717) is 12.1 Å². The van der Waals surface area contributed by atoms with E-state index >= 15 is 0 Å². The first-order valence-corrected chi connectivity index (χ1v) is 7.90. The van der Waals surface area contributed by atoms with Crippen LogP contribution in [0.1, 0.15) is 64.1 Å². The van der Waals surface area contributed by atoms with Gasteiger partial charge in [0.2, 0.25) is 0 Å². The van der Waals surface area contributed by atoms with Crippen LogP contribution in [0.4, 0.5) is 0 Å². The molecule has 2 rings (SSSR count). The number of nitrogens with zero attached hydrogens (tertiary/aromatic N) is 2. The highest BCUT2D eigenvalue weighted by molar-refractivity contribution is 5.02. The Morgan fingerprint density at radius 1 is 1.32 bits per heavy atom. The van der Waals surface area contributed by atoms with Crippen LogP contribution < -0.4 is 5.32 Å². The van der Waals surface area contributed by atoms with Crippen LogP contribution >= 0.6 is 0 Å². The zero-order valence-electron chi connectivity index (χ0n) is 12.7. The van der Waals surface area contributed by atoms with Crippen molar-refractivity contribution in [1.29, 1.82) is 0 Å². The van der Waals surface area contributed by atoms with Gasteiger partial charge in [0.05, 0.1) is 5.69 Å². The molecule has 0 amide bonds. The maximum absolute atomic E-state index is 4.67. The smallest absolute Gasteiger partial charge is 0.0640 e. The molecule has 0 bridgehead atoms. The Morgan fingerprint density at radius 3 is 2.63 bits per heavy atom. The van der Waals surface area contributed by atoms with E-state index in [9.17, 15) is 0 Å². The van der Waals surface area contributed by atoms with Gasteiger partial charge in [0.15, 0.2) is 0 Å². The summed E-state index contributed by atoms with van der Waals surface area (Å²) in [6.45, 7) is 4.35. The summed E-state index contributed by atoms with van der Waals surface area (Å²) in [5, 5.41) is 8.15. The maximum Gasteiger partial charge on any atom is 0.0640 e. The third-order valence-corrected chi connectivity index (χ3v) is 4.40. The first kappa shape index (κ1) is 14.6. The van der Waals surface area contributed by atoms with Crippen LogP contribution in [-0.4, -0.2) is 22.9 Å². The van der Waals surface area contributed by atoms with Gasteiger partial charge in [-0.2, -0.15) is 5.10 Å². The van der Waals surface area contributed by atoms with Gasteiger partial charge in [-0.1, -0.05) is 32.1 Å². The Bertz CT molecular complexity index is 364. The van der Waals surface area contributed by atoms with Crippen molar-refractivity contribution < 1.29 is 0 Å². The van der Waals surface area contributed by atoms with Crippen molar-refractivity contribution >= 4 is 0 Å². The SMILES string of the molecule is CNC(Cc1ccn(C(C)C)n1)CC1CCCCC1. The monoisotopic (exact) mass is 263 g/mol. The average Bonchev–Trinajstić information content (AvgIpc) is 2.88. The minimum Gasteiger partial charge on any atom is -0.317 e. The van der Waals surface area contributed by atoms with Crippen molar-refractivity contribution in [3.8, 4) is 0 Å². The van der Waals surface area contributed by atoms with Crippen LogP contribution in [-0.2, 0) is 6.42 Å². The van der Waals surface area contributed by atoms with Crippen LogP contribution in [0.5, 0.6) is 0 Å². The molecule has 0 saturated heterocycles. The lowest BCUT2D eigenvalue weighted by molar-refractivity contribution is 0.301. The minimum absolute atomic E-state index is 0.458. The molecule has 1 aromatic heterocycles. The molecule has 0 spiro atoms. The lowest BCUT2D eigenvalue weighted by Crippen LogP contribution is -2.31. The zero-order chi connectivity index (χ0) is 13.7. The summed E-state index contributed by atoms with van der Waals surface area (Å²) < 4.78 is 2.06. The van der Waals surface area contributed by atoms with Crippen molar-refractivity contribution in [2.75, 3.05) is 7.05 Å². The van der Waals surface area contributed by atoms with E-state index in [4.69, 9.17) is 0 Å². The molecule has 1 aliphatic rings. The van der Waals surface area contributed by atoms with Crippen molar-refractivity contribution in [2.24, 2.45) is 5.92 Å². The molecule has 0 radical (unpaired) electrons. The fourth-order valence-electron chi connectivity index (χ4n) is 3.15. The number of nitrogens with one attached hydrogen (secondary N) is 1. The fraction of sp³-hybridized carbons (Fsp3) is 0.812. The normalized spacial score (nSPS) is 18.9. The number of hydrogen-bond donors (Lipinski definition) is 1. The average molecular weight is 263 g/mol. The van der Waals surface area contributed by atoms with Gasteiger partial charge >= 0.3 is 0 Å². The molecule has 1 aromatic rings. The van der Waals surface area contributed by atoms with E-state index in [-0.39, 0.29) is 0 Å². The summed E-state index contributed by atoms with van der Waals surface area (Å²) in [5.74, 6) is 0.929. The first-order valence-electron chi connectivity index (χ1n) is 7.90. The number of hydrogen-bond acceptors (Lipinski definition) is 2. The molecule has 1 fully saturated rings. The molecule has 0 aromatic carbocycles. The topological polar surface area (TPSA) is 29.9 Å². The summed E-state index contributed by atoms with van der Waals surface area (Å²) in [5.41, 5.74) is 1.23. The molecule has 3 heteroatoms. The van der Waals surface area contributed by atoms with E-state index < -0.39 is 0 Å². The van der Waals surface area contributed by atoms with Crippen LogP contribution in [0.2, 0.25) is 0 Å². The summed E-state index contributed by atoms with van der Waals surface area (Å²) in [7, 11) is 2.09. The van der Waals surface area contributed by atoms with E-state index in [1.54, 1.807) is 0 Å². The highest BCUT2D eigenvalue weighted by Crippen LogP contribution is 2.27. The van der Waals surface area contributed by atoms with E-state index in [1.165, 1.54) is 44.2 Å². The first-order chi connectivity index (χ1) is 9.19. The summed E-state index contributed by atoms with van der Waals surface area (Å²) in [4.78, 5) is 0. The lowest BCUT2D eigenvalue weighted by Gasteiger charge is -2.26. The van der Waals surface area contributed by atoms with Crippen LogP contribution in [0, 0.1) is 5.92 Å². The predicted molar refractivity (Wildman–Crippen MR) is 80.4 cm³/mol. The number of rotatable bonds is 6. The molecule has 1 N–H and O–H groups in total. The quantitative estimate of drug-likeness (QED) is 0.850. The predicted octanol–water partition coefficient (Wildman–Crippen LogP) is 3.56. The lowest BCUT2D eigenvalue weighted by atomic mass is 9.84. The number of likely N-dealkylation sites (N-methyl/N-ethyl adjacent to an activating group) is 1. The third-order valence-electron chi connectivity index (χ3n) is 4.40. The zero-order valence-corrected chi connectivity index (χ0v) is 12.7. The van der Waals surface area contributed by atoms with E-state index in [2.05, 4.69) is 48.3 Å². The molecule has 3 nitrogen and oxygen atoms in total. The van der Waals surface area contributed by atoms with Crippen LogP contribution in [0.25, 0.3) is 0 Å². The van der Waals surface area contributed by atoms with Gasteiger partial charge in [0.25, 0.3) is 0 Å². The fourth-order valence-corrected chi connectivity index (χ4v) is 3.15. The second kappa shape index (κ2) is 7.09. The van der Waals surface area contributed by atoms with Crippen molar-refractivity contribution in [3.05, 3.63) is 18.0 Å². The van der Waals surface area contributed by atoms with Crippen molar-refractivity contribution in [3.63, 3.8) is 0 Å². The second-order valence-electron chi connectivity index (χ2n) is 6.31. The molecule has 0 aliphatic heterocycles. The maximum atomic E-state index is 4.67. The standard InChI is InChI=1S/C16H29N3/c1-13(2)19-10-9-15(18-19)12-16(17-3)11-14-7-5-4-6-8-14/h9-10,13-14,16-17H,4-8,11-12H2,1-3H3. The van der Waals surface area contributed by atoms with Crippen LogP contribution in [0.3, 0.4) is 0 Å². The molecule has 1 heterocycles. The molecule has 1 saturated carbocycles. The molecule has 108 valence electrons. The largest absolute Gasteiger partial charge is 0.317 e. The molecule has 1 unspecified atom stereocenters. The third kappa shape index (κ3) is 4.34. The summed E-state index contributed by atoms with van der Waals surface area (Å²) in [6.07, 6.45) is 11.6. The molecule has 1 aliphatic carbocycles. The Hall–Kier alpha value is -0.830. The van der Waals surface area contributed by atoms with Gasteiger partial charge < -0.3 is 5.32 Å². The van der Waals surface area contributed by atoms with Gasteiger partial charge in [0.1, 0.15) is 0 Å². The van der Waals surface area contributed by atoms with Gasteiger partial charge in [-0.3, -0.25) is 4.68 Å². The molecular weight excluding hydrogens is 234 g/mol. The van der Waals surface area contributed by atoms with E-state index in [0.717, 1.165) is 12.3 Å². The summed E-state index contributed by atoms with van der Waals surface area (Å²) in [6, 6.07) is 3.21. The Kier molecular flexibility index (Phi) is 5.44. The van der Waals surface area contributed by atoms with Gasteiger partial charge in [-0.25, -0.2) is 0 Å². The molecular formula is C16H29N3. The number of aromatic nitrogens is 2. The van der Waals surface area contributed by atoms with Gasteiger partial charge in [0, 0.05) is 24.7 Å². The van der Waals surface area contributed by atoms with Crippen molar-refractivity contribution in [1.82, 2.24) is 15.1 Å². The van der Waals surface area contributed by atoms with Crippen molar-refractivity contribution in [2.45, 2.75) is 70.9 Å². The van der Waals surface area contributed by atoms with E-state index in [1.807, 2.05) is 0 Å². The van der Waals surface area contributed by atoms with Crippen LogP contribution in [0.15, 0.2) is 12.3 Å². The minimum atomic E-state index is 0.458. The molecule has 19 heavy (non-hydrogen) atoms. The highest BCUT2D eigenvalue weighted by Gasteiger charge is 2.19. The Morgan fingerprint density at radius 2 is 2.05 bits per heavy atom. The second-order valence-corrected chi connectivity index (χ2v) is 6.31. The Balaban J connectivity index is 1.86. The highest BCUT2D eigenvalue weighted by atomic mass is 15.3. The van der Waals surface area contributed by atoms with Gasteiger partial charge in [-0.05, 0) is 39.3 Å². The Labute approximate surface area is 117 Å². The molecule has 1 atom stereocenters. The summed E-state index contributed by atoms with van der Waals surface area (Å²) >= 11 is 0.